The summed E-state index contributed by atoms with van der Waals surface area (Å²) < 4.78 is 5.47. The van der Waals surface area contributed by atoms with E-state index in [0.29, 0.717) is 12.6 Å². The van der Waals surface area contributed by atoms with Gasteiger partial charge in [0.15, 0.2) is 0 Å². The van der Waals surface area contributed by atoms with Crippen LogP contribution >= 0.6 is 0 Å². The Labute approximate surface area is 155 Å². The monoisotopic (exact) mass is 356 g/mol. The van der Waals surface area contributed by atoms with Gasteiger partial charge < -0.3 is 14.5 Å². The standard InChI is InChI=1S/C20H28N4O2/c1-26-14-17-13-20(15-24(17)19-21-9-4-10-22-19)7-11-23(12-8-20)18(25)16-5-2-3-6-16/h4-5,9-10,17H,2-3,6-8,11-15H2,1H3/t17-/m1/s1. The van der Waals surface area contributed by atoms with E-state index in [2.05, 4.69) is 25.8 Å². The predicted octanol–water partition coefficient (Wildman–Crippen LogP) is 2.42. The molecule has 1 atom stereocenters. The maximum atomic E-state index is 12.7. The largest absolute Gasteiger partial charge is 0.383 e. The Bertz CT molecular complexity index is 668. The van der Waals surface area contributed by atoms with Gasteiger partial charge >= 0.3 is 0 Å². The summed E-state index contributed by atoms with van der Waals surface area (Å²) >= 11 is 0. The van der Waals surface area contributed by atoms with Gasteiger partial charge in [-0.05, 0) is 50.0 Å². The summed E-state index contributed by atoms with van der Waals surface area (Å²) in [6.45, 7) is 3.37. The van der Waals surface area contributed by atoms with Crippen LogP contribution in [0.4, 0.5) is 5.95 Å². The number of methoxy groups -OCH3 is 1. The van der Waals surface area contributed by atoms with Crippen LogP contribution in [0.1, 0.15) is 38.5 Å². The Morgan fingerprint density at radius 1 is 1.31 bits per heavy atom. The summed E-state index contributed by atoms with van der Waals surface area (Å²) in [7, 11) is 1.76. The molecule has 1 amide bonds. The first-order chi connectivity index (χ1) is 12.7. The second-order valence-electron chi connectivity index (χ2n) is 7.90. The SMILES string of the molecule is COC[C@H]1CC2(CCN(C(=O)C3=CCCC3)CC2)CN1c1ncccn1. The molecule has 1 aliphatic carbocycles. The Hall–Kier alpha value is -1.95. The van der Waals surface area contributed by atoms with Crippen LogP contribution in [-0.4, -0.2) is 60.2 Å². The van der Waals surface area contributed by atoms with E-state index in [4.69, 9.17) is 4.74 Å². The van der Waals surface area contributed by atoms with Crippen molar-refractivity contribution in [2.24, 2.45) is 5.41 Å². The summed E-state index contributed by atoms with van der Waals surface area (Å²) in [5.41, 5.74) is 1.27. The molecule has 26 heavy (non-hydrogen) atoms. The minimum atomic E-state index is 0.239. The van der Waals surface area contributed by atoms with Crippen LogP contribution in [0.3, 0.4) is 0 Å². The number of hydrogen-bond acceptors (Lipinski definition) is 5. The van der Waals surface area contributed by atoms with Crippen LogP contribution in [0.25, 0.3) is 0 Å². The zero-order valence-corrected chi connectivity index (χ0v) is 15.6. The fourth-order valence-corrected chi connectivity index (χ4v) is 4.79. The number of ether oxygens (including phenoxy) is 1. The molecule has 6 heteroatoms. The first-order valence-electron chi connectivity index (χ1n) is 9.72. The summed E-state index contributed by atoms with van der Waals surface area (Å²) in [6.07, 6.45) is 12.1. The van der Waals surface area contributed by atoms with Crippen LogP contribution in [0, 0.1) is 5.41 Å². The second-order valence-corrected chi connectivity index (χ2v) is 7.90. The number of aromatic nitrogens is 2. The molecule has 3 heterocycles. The van der Waals surface area contributed by atoms with Crippen molar-refractivity contribution in [1.29, 1.82) is 0 Å². The molecule has 0 aromatic carbocycles. The molecule has 2 saturated heterocycles. The minimum absolute atomic E-state index is 0.239. The van der Waals surface area contributed by atoms with Gasteiger partial charge in [0.05, 0.1) is 12.6 Å². The van der Waals surface area contributed by atoms with E-state index < -0.39 is 0 Å². The van der Waals surface area contributed by atoms with Gasteiger partial charge in [0.25, 0.3) is 0 Å². The van der Waals surface area contributed by atoms with E-state index in [9.17, 15) is 4.79 Å². The van der Waals surface area contributed by atoms with Crippen LogP contribution in [0.15, 0.2) is 30.1 Å². The van der Waals surface area contributed by atoms with Gasteiger partial charge in [0.1, 0.15) is 0 Å². The van der Waals surface area contributed by atoms with Crippen LogP contribution in [0.5, 0.6) is 0 Å². The number of carbonyl (C=O) groups excluding carboxylic acids is 1. The third-order valence-electron chi connectivity index (χ3n) is 6.21. The molecule has 0 radical (unpaired) electrons. The van der Waals surface area contributed by atoms with E-state index in [1.807, 2.05) is 6.07 Å². The molecule has 0 N–H and O–H groups in total. The Balaban J connectivity index is 1.44. The summed E-state index contributed by atoms with van der Waals surface area (Å²) in [5, 5.41) is 0. The first-order valence-corrected chi connectivity index (χ1v) is 9.72. The first kappa shape index (κ1) is 17.5. The van der Waals surface area contributed by atoms with Gasteiger partial charge in [0, 0.05) is 44.7 Å². The smallest absolute Gasteiger partial charge is 0.249 e. The average molecular weight is 356 g/mol. The van der Waals surface area contributed by atoms with Gasteiger partial charge in [-0.3, -0.25) is 4.79 Å². The van der Waals surface area contributed by atoms with E-state index in [1.165, 1.54) is 0 Å². The number of likely N-dealkylation sites (tertiary alicyclic amines) is 1. The van der Waals surface area contributed by atoms with Crippen molar-refractivity contribution in [2.45, 2.75) is 44.6 Å². The maximum Gasteiger partial charge on any atom is 0.249 e. The van der Waals surface area contributed by atoms with Gasteiger partial charge in [-0.2, -0.15) is 0 Å². The highest BCUT2D eigenvalue weighted by Crippen LogP contribution is 2.44. The lowest BCUT2D eigenvalue weighted by Gasteiger charge is -2.39. The van der Waals surface area contributed by atoms with Crippen molar-refractivity contribution >= 4 is 11.9 Å². The Kier molecular flexibility index (Phi) is 4.94. The lowest BCUT2D eigenvalue weighted by atomic mass is 9.76. The van der Waals surface area contributed by atoms with Gasteiger partial charge in [-0.15, -0.1) is 0 Å². The topological polar surface area (TPSA) is 58.6 Å². The summed E-state index contributed by atoms with van der Waals surface area (Å²) in [6, 6.07) is 2.16. The van der Waals surface area contributed by atoms with E-state index in [0.717, 1.165) is 69.7 Å². The predicted molar refractivity (Wildman–Crippen MR) is 99.8 cm³/mol. The normalized spacial score (nSPS) is 25.0. The molecule has 0 bridgehead atoms. The molecular weight excluding hydrogens is 328 g/mol. The maximum absolute atomic E-state index is 12.7. The highest BCUT2D eigenvalue weighted by Gasteiger charge is 2.47. The van der Waals surface area contributed by atoms with Crippen LogP contribution in [0.2, 0.25) is 0 Å². The van der Waals surface area contributed by atoms with Crippen molar-refractivity contribution in [3.8, 4) is 0 Å². The summed E-state index contributed by atoms with van der Waals surface area (Å²) in [4.78, 5) is 25.9. The van der Waals surface area contributed by atoms with Crippen LogP contribution < -0.4 is 4.90 Å². The molecule has 1 spiro atoms. The molecule has 1 aromatic heterocycles. The highest BCUT2D eigenvalue weighted by molar-refractivity contribution is 5.93. The molecule has 1 aromatic rings. The van der Waals surface area contributed by atoms with Gasteiger partial charge in [-0.1, -0.05) is 6.08 Å². The van der Waals surface area contributed by atoms with E-state index in [-0.39, 0.29) is 11.3 Å². The van der Waals surface area contributed by atoms with E-state index >= 15 is 0 Å². The number of anilines is 1. The molecule has 2 fully saturated rings. The Morgan fingerprint density at radius 2 is 2.08 bits per heavy atom. The number of amides is 1. The Morgan fingerprint density at radius 3 is 2.73 bits per heavy atom. The number of rotatable bonds is 4. The van der Waals surface area contributed by atoms with Crippen molar-refractivity contribution in [2.75, 3.05) is 38.3 Å². The molecule has 6 nitrogen and oxygen atoms in total. The molecule has 4 rings (SSSR count). The second kappa shape index (κ2) is 7.35. The third kappa shape index (κ3) is 3.34. The number of piperidine rings is 1. The van der Waals surface area contributed by atoms with Crippen molar-refractivity contribution < 1.29 is 9.53 Å². The average Bonchev–Trinajstić information content (AvgIpc) is 3.32. The number of hydrogen-bond donors (Lipinski definition) is 0. The zero-order chi connectivity index (χ0) is 18.0. The minimum Gasteiger partial charge on any atom is -0.383 e. The van der Waals surface area contributed by atoms with Crippen LogP contribution in [-0.2, 0) is 9.53 Å². The van der Waals surface area contributed by atoms with Crippen molar-refractivity contribution in [1.82, 2.24) is 14.9 Å². The van der Waals surface area contributed by atoms with Crippen molar-refractivity contribution in [3.05, 3.63) is 30.1 Å². The lowest BCUT2D eigenvalue weighted by molar-refractivity contribution is -0.129. The zero-order valence-electron chi connectivity index (χ0n) is 15.6. The molecule has 0 unspecified atom stereocenters. The van der Waals surface area contributed by atoms with Crippen molar-refractivity contribution in [3.63, 3.8) is 0 Å². The molecule has 140 valence electrons. The molecular formula is C20H28N4O2. The van der Waals surface area contributed by atoms with Gasteiger partial charge in [-0.25, -0.2) is 9.97 Å². The van der Waals surface area contributed by atoms with E-state index in [1.54, 1.807) is 19.5 Å². The molecule has 2 aliphatic heterocycles. The number of nitrogens with zero attached hydrogens (tertiary/aromatic N) is 4. The third-order valence-corrected chi connectivity index (χ3v) is 6.21. The fourth-order valence-electron chi connectivity index (χ4n) is 4.79. The molecule has 3 aliphatic rings. The summed E-state index contributed by atoms with van der Waals surface area (Å²) in [5.74, 6) is 1.06. The molecule has 0 saturated carbocycles. The quantitative estimate of drug-likeness (QED) is 0.829. The number of allylic oxidation sites excluding steroid dienone is 1. The fraction of sp³-hybridized carbons (Fsp3) is 0.650. The van der Waals surface area contributed by atoms with Gasteiger partial charge in [0.2, 0.25) is 11.9 Å². The lowest BCUT2D eigenvalue weighted by Crippen LogP contribution is -2.44. The highest BCUT2D eigenvalue weighted by atomic mass is 16.5. The number of carbonyl (C=O) groups is 1.